The minimum absolute atomic E-state index is 0.0712. The molecule has 1 fully saturated rings. The number of carbonyl (C=O) groups excluding carboxylic acids is 1. The molecule has 0 aromatic carbocycles. The maximum atomic E-state index is 13.1. The normalized spacial score (nSPS) is 17.7. The Morgan fingerprint density at radius 2 is 2.03 bits per heavy atom. The number of aromatic nitrogens is 2. The number of hydrogen-bond acceptors (Lipinski definition) is 3. The van der Waals surface area contributed by atoms with Gasteiger partial charge in [-0.2, -0.15) is 0 Å². The van der Waals surface area contributed by atoms with Gasteiger partial charge in [-0.3, -0.25) is 4.79 Å². The van der Waals surface area contributed by atoms with Crippen LogP contribution in [-0.4, -0.2) is 22.0 Å². The number of rotatable bonds is 7. The van der Waals surface area contributed by atoms with E-state index in [1.165, 1.54) is 57.8 Å². The van der Waals surface area contributed by atoms with Crippen molar-refractivity contribution in [2.75, 3.05) is 6.54 Å². The first-order chi connectivity index (χ1) is 14.6. The summed E-state index contributed by atoms with van der Waals surface area (Å²) < 4.78 is 2.32. The molecule has 1 N–H and O–H groups in total. The Bertz CT molecular complexity index is 902. The average Bonchev–Trinajstić information content (AvgIpc) is 3.35. The molecule has 0 spiro atoms. The van der Waals surface area contributed by atoms with E-state index in [0.29, 0.717) is 5.92 Å². The number of carbonyl (C=O) groups is 1. The molecule has 4 rings (SSSR count). The highest BCUT2D eigenvalue weighted by Gasteiger charge is 2.21. The molecule has 0 aliphatic heterocycles. The summed E-state index contributed by atoms with van der Waals surface area (Å²) in [7, 11) is 0. The summed E-state index contributed by atoms with van der Waals surface area (Å²) in [4.78, 5) is 17.8. The maximum Gasteiger partial charge on any atom is 0.253 e. The maximum absolute atomic E-state index is 13.1. The molecule has 2 heterocycles. The van der Waals surface area contributed by atoms with Crippen LogP contribution in [0.5, 0.6) is 0 Å². The van der Waals surface area contributed by atoms with Crippen molar-refractivity contribution in [3.63, 3.8) is 0 Å². The van der Waals surface area contributed by atoms with Gasteiger partial charge in [0.25, 0.3) is 5.91 Å². The Hall–Kier alpha value is -1.88. The predicted molar refractivity (Wildman–Crippen MR) is 125 cm³/mol. The van der Waals surface area contributed by atoms with Crippen LogP contribution < -0.4 is 5.32 Å². The van der Waals surface area contributed by atoms with Gasteiger partial charge in [-0.1, -0.05) is 30.9 Å². The van der Waals surface area contributed by atoms with Gasteiger partial charge in [0.15, 0.2) is 0 Å². The molecule has 30 heavy (non-hydrogen) atoms. The van der Waals surface area contributed by atoms with Crippen molar-refractivity contribution in [1.82, 2.24) is 14.9 Å². The van der Waals surface area contributed by atoms with Gasteiger partial charge in [-0.05, 0) is 70.8 Å². The van der Waals surface area contributed by atoms with Gasteiger partial charge in [-0.25, -0.2) is 4.98 Å². The van der Waals surface area contributed by atoms with E-state index in [-0.39, 0.29) is 5.91 Å². The Kier molecular flexibility index (Phi) is 7.08. The molecular weight excluding hydrogens is 390 g/mol. The molecule has 5 heteroatoms. The molecule has 0 atom stereocenters. The number of nitrogens with zero attached hydrogens (tertiary/aromatic N) is 2. The van der Waals surface area contributed by atoms with Crippen molar-refractivity contribution in [3.8, 4) is 11.4 Å². The quantitative estimate of drug-likeness (QED) is 0.520. The Balaban J connectivity index is 1.53. The van der Waals surface area contributed by atoms with Crippen LogP contribution in [0.1, 0.15) is 85.3 Å². The van der Waals surface area contributed by atoms with Crippen LogP contribution in [0.2, 0.25) is 0 Å². The zero-order valence-electron chi connectivity index (χ0n) is 18.5. The van der Waals surface area contributed by atoms with E-state index in [4.69, 9.17) is 4.98 Å². The number of allylic oxidation sites excluding steroid dienone is 2. The fourth-order valence-corrected chi connectivity index (χ4v) is 5.57. The summed E-state index contributed by atoms with van der Waals surface area (Å²) in [6.45, 7) is 5.85. The highest BCUT2D eigenvalue weighted by molar-refractivity contribution is 7.09. The predicted octanol–water partition coefficient (Wildman–Crippen LogP) is 6.43. The molecule has 1 amide bonds. The van der Waals surface area contributed by atoms with E-state index in [1.54, 1.807) is 16.9 Å². The van der Waals surface area contributed by atoms with E-state index in [0.717, 1.165) is 47.2 Å². The first-order valence-corrected chi connectivity index (χ1v) is 12.6. The lowest BCUT2D eigenvalue weighted by Gasteiger charge is -2.21. The zero-order chi connectivity index (χ0) is 20.9. The topological polar surface area (TPSA) is 46.9 Å². The summed E-state index contributed by atoms with van der Waals surface area (Å²) in [5, 5.41) is 6.41. The number of hydrogen-bond donors (Lipinski definition) is 1. The number of amides is 1. The molecule has 2 aromatic heterocycles. The molecular formula is C25H35N3OS. The molecule has 162 valence electrons. The van der Waals surface area contributed by atoms with E-state index >= 15 is 0 Å². The average molecular weight is 426 g/mol. The molecule has 0 unspecified atom stereocenters. The lowest BCUT2D eigenvalue weighted by atomic mass is 9.89. The summed E-state index contributed by atoms with van der Waals surface area (Å²) in [5.41, 5.74) is 5.51. The summed E-state index contributed by atoms with van der Waals surface area (Å²) in [6, 6.07) is 2.06. The van der Waals surface area contributed by atoms with E-state index < -0.39 is 0 Å². The third kappa shape index (κ3) is 5.05. The Morgan fingerprint density at radius 3 is 2.73 bits per heavy atom. The Labute approximate surface area is 184 Å². The van der Waals surface area contributed by atoms with E-state index in [9.17, 15) is 4.79 Å². The third-order valence-corrected chi connectivity index (χ3v) is 7.58. The summed E-state index contributed by atoms with van der Waals surface area (Å²) >= 11 is 1.67. The lowest BCUT2D eigenvalue weighted by molar-refractivity contribution is 0.0943. The monoisotopic (exact) mass is 425 g/mol. The lowest BCUT2D eigenvalue weighted by Crippen LogP contribution is -2.30. The van der Waals surface area contributed by atoms with Crippen LogP contribution >= 0.6 is 11.3 Å². The minimum atomic E-state index is 0.0712. The van der Waals surface area contributed by atoms with Gasteiger partial charge < -0.3 is 9.88 Å². The highest BCUT2D eigenvalue weighted by atomic mass is 32.1. The summed E-state index contributed by atoms with van der Waals surface area (Å²) in [5.74, 6) is 0.714. The van der Waals surface area contributed by atoms with Crippen LogP contribution in [0.3, 0.4) is 0 Å². The second-order valence-corrected chi connectivity index (χ2v) is 10.1. The van der Waals surface area contributed by atoms with Crippen LogP contribution in [-0.2, 0) is 6.54 Å². The second-order valence-electron chi connectivity index (χ2n) is 9.00. The van der Waals surface area contributed by atoms with Crippen LogP contribution in [0, 0.1) is 19.8 Å². The van der Waals surface area contributed by atoms with Gasteiger partial charge in [0.05, 0.1) is 22.0 Å². The number of aryl methyl sites for hydroxylation is 1. The smallest absolute Gasteiger partial charge is 0.253 e. The molecule has 0 bridgehead atoms. The highest BCUT2D eigenvalue weighted by Crippen LogP contribution is 2.29. The molecule has 0 saturated heterocycles. The van der Waals surface area contributed by atoms with Crippen molar-refractivity contribution in [3.05, 3.63) is 39.4 Å². The number of nitrogens with one attached hydrogen (secondary N) is 1. The molecule has 1 saturated carbocycles. The molecule has 4 nitrogen and oxygen atoms in total. The Morgan fingerprint density at radius 1 is 1.20 bits per heavy atom. The largest absolute Gasteiger partial charge is 0.352 e. The first-order valence-electron chi connectivity index (χ1n) is 11.7. The van der Waals surface area contributed by atoms with Crippen molar-refractivity contribution in [2.24, 2.45) is 5.92 Å². The second kappa shape index (κ2) is 9.95. The standard InChI is InChI=1S/C25H35N3OS/c1-18-22(25(29)26-16-21-11-7-4-8-12-21)15-24(23-17-30-19(2)27-23)28(18)14-13-20-9-5-3-6-10-20/h9,15,17,21H,3-8,10-14,16H2,1-2H3,(H,26,29). The molecule has 2 aliphatic carbocycles. The van der Waals surface area contributed by atoms with Gasteiger partial charge in [0, 0.05) is 24.2 Å². The minimum Gasteiger partial charge on any atom is -0.352 e. The third-order valence-electron chi connectivity index (χ3n) is 6.81. The molecule has 2 aliphatic rings. The van der Waals surface area contributed by atoms with Gasteiger partial charge in [0.1, 0.15) is 0 Å². The van der Waals surface area contributed by atoms with E-state index in [2.05, 4.69) is 34.3 Å². The van der Waals surface area contributed by atoms with Crippen LogP contribution in [0.15, 0.2) is 23.1 Å². The molecule has 0 radical (unpaired) electrons. The van der Waals surface area contributed by atoms with Gasteiger partial charge in [0.2, 0.25) is 0 Å². The fraction of sp³-hybridized carbons (Fsp3) is 0.600. The van der Waals surface area contributed by atoms with Gasteiger partial charge in [-0.15, -0.1) is 11.3 Å². The first kappa shape index (κ1) is 21.4. The SMILES string of the molecule is Cc1nc(-c2cc(C(=O)NCC3CCCCC3)c(C)n2CCC2=CCCCC2)cs1. The van der Waals surface area contributed by atoms with Crippen LogP contribution in [0.4, 0.5) is 0 Å². The summed E-state index contributed by atoms with van der Waals surface area (Å²) in [6.07, 6.45) is 15.0. The van der Waals surface area contributed by atoms with Crippen molar-refractivity contribution in [2.45, 2.75) is 84.6 Å². The van der Waals surface area contributed by atoms with Crippen molar-refractivity contribution < 1.29 is 4.79 Å². The fourth-order valence-electron chi connectivity index (χ4n) is 4.97. The zero-order valence-corrected chi connectivity index (χ0v) is 19.3. The molecule has 2 aromatic rings. The van der Waals surface area contributed by atoms with Gasteiger partial charge >= 0.3 is 0 Å². The van der Waals surface area contributed by atoms with E-state index in [1.807, 2.05) is 6.92 Å². The van der Waals surface area contributed by atoms with Crippen LogP contribution in [0.25, 0.3) is 11.4 Å². The van der Waals surface area contributed by atoms with Crippen molar-refractivity contribution in [1.29, 1.82) is 0 Å². The number of thiazole rings is 1. The van der Waals surface area contributed by atoms with Crippen molar-refractivity contribution >= 4 is 17.2 Å².